The lowest BCUT2D eigenvalue weighted by molar-refractivity contribution is 0.271. The van der Waals surface area contributed by atoms with Crippen LogP contribution in [0.15, 0.2) is 194 Å². The van der Waals surface area contributed by atoms with E-state index in [9.17, 15) is 0 Å². The lowest BCUT2D eigenvalue weighted by atomic mass is 9.83. The monoisotopic (exact) mass is 826 g/mol. The van der Waals surface area contributed by atoms with Crippen LogP contribution in [-0.4, -0.2) is 35.6 Å². The maximum Gasteiger partial charge on any atom is 0.164 e. The second kappa shape index (κ2) is 14.3. The van der Waals surface area contributed by atoms with E-state index < -0.39 is 0 Å². The van der Waals surface area contributed by atoms with Crippen LogP contribution in [0.4, 0.5) is 0 Å². The molecule has 4 aromatic heterocycles. The fourth-order valence-electron chi connectivity index (χ4n) is 9.34. The van der Waals surface area contributed by atoms with Gasteiger partial charge in [0.2, 0.25) is 0 Å². The lowest BCUT2D eigenvalue weighted by Crippen LogP contribution is -2.20. The number of rotatable bonds is 6. The molecule has 0 fully saturated rings. The topological polar surface area (TPSA) is 78.6 Å². The number of thiophene rings is 1. The normalized spacial score (nSPS) is 15.5. The van der Waals surface area contributed by atoms with E-state index in [0.717, 1.165) is 82.5 Å². The molecule has 11 aromatic rings. The van der Waals surface area contributed by atoms with Gasteiger partial charge in [0.05, 0.1) is 32.9 Å². The number of nitrogens with zero attached hydrogens (tertiary/aromatic N) is 6. The molecule has 2 atom stereocenters. The van der Waals surface area contributed by atoms with Crippen molar-refractivity contribution >= 4 is 59.0 Å². The summed E-state index contributed by atoms with van der Waals surface area (Å²) in [5.41, 5.74) is 11.1. The number of hydrogen-bond acceptors (Lipinski definition) is 7. The van der Waals surface area contributed by atoms with Gasteiger partial charge in [0.15, 0.2) is 23.3 Å². The molecule has 0 saturated carbocycles. The van der Waals surface area contributed by atoms with E-state index in [4.69, 9.17) is 29.7 Å². The van der Waals surface area contributed by atoms with Crippen molar-refractivity contribution in [3.05, 3.63) is 206 Å². The van der Waals surface area contributed by atoms with Crippen molar-refractivity contribution in [2.75, 3.05) is 0 Å². The van der Waals surface area contributed by atoms with E-state index in [1.165, 1.54) is 10.1 Å². The van der Waals surface area contributed by atoms with Gasteiger partial charge < -0.3 is 9.30 Å². The Kier molecular flexibility index (Phi) is 8.07. The molecule has 296 valence electrons. The Labute approximate surface area is 366 Å². The van der Waals surface area contributed by atoms with Gasteiger partial charge >= 0.3 is 0 Å². The van der Waals surface area contributed by atoms with Crippen LogP contribution in [0.1, 0.15) is 17.3 Å². The molecule has 8 heteroatoms. The van der Waals surface area contributed by atoms with E-state index in [-0.39, 0.29) is 12.0 Å². The molecule has 5 heterocycles. The van der Waals surface area contributed by atoms with Crippen LogP contribution in [0.2, 0.25) is 0 Å². The Bertz CT molecular complexity index is 3670. The maximum absolute atomic E-state index is 6.67. The fraction of sp³-hybridized carbons (Fsp3) is 0.0364. The molecule has 2 unspecified atom stereocenters. The lowest BCUT2D eigenvalue weighted by Gasteiger charge is -2.22. The zero-order valence-corrected chi connectivity index (χ0v) is 34.4. The van der Waals surface area contributed by atoms with Crippen LogP contribution in [0.5, 0.6) is 5.75 Å². The number of aromatic nitrogens is 6. The molecule has 0 N–H and O–H groups in total. The van der Waals surface area contributed by atoms with Crippen LogP contribution in [0.3, 0.4) is 0 Å². The number of fused-ring (bicyclic) bond motifs is 9. The summed E-state index contributed by atoms with van der Waals surface area (Å²) in [6, 6.07) is 60.9. The summed E-state index contributed by atoms with van der Waals surface area (Å²) in [6.45, 7) is 0. The first-order chi connectivity index (χ1) is 31.2. The molecule has 0 radical (unpaired) electrons. The predicted molar refractivity (Wildman–Crippen MR) is 255 cm³/mol. The first-order valence-corrected chi connectivity index (χ1v) is 21.9. The van der Waals surface area contributed by atoms with Gasteiger partial charge in [-0.1, -0.05) is 127 Å². The molecular weight excluding hydrogens is 793 g/mol. The minimum atomic E-state index is -0.215. The molecule has 0 saturated heterocycles. The molecule has 63 heavy (non-hydrogen) atoms. The summed E-state index contributed by atoms with van der Waals surface area (Å²) in [7, 11) is 0. The molecular formula is C55H34N6OS. The first-order valence-electron chi connectivity index (χ1n) is 21.1. The first kappa shape index (κ1) is 35.7. The molecule has 0 bridgehead atoms. The van der Waals surface area contributed by atoms with Gasteiger partial charge in [-0.3, -0.25) is 0 Å². The number of para-hydroxylation sites is 2. The Balaban J connectivity index is 0.951. The van der Waals surface area contributed by atoms with E-state index in [1.54, 1.807) is 11.3 Å². The van der Waals surface area contributed by atoms with Gasteiger partial charge in [-0.25, -0.2) is 24.9 Å². The summed E-state index contributed by atoms with van der Waals surface area (Å²) in [5, 5.41) is 3.43. The zero-order valence-electron chi connectivity index (χ0n) is 33.6. The van der Waals surface area contributed by atoms with Crippen LogP contribution in [0.25, 0.3) is 98.8 Å². The van der Waals surface area contributed by atoms with Gasteiger partial charge in [-0.05, 0) is 66.7 Å². The van der Waals surface area contributed by atoms with E-state index >= 15 is 0 Å². The summed E-state index contributed by atoms with van der Waals surface area (Å²) in [4.78, 5) is 26.2. The van der Waals surface area contributed by atoms with E-state index in [1.807, 2.05) is 36.4 Å². The maximum atomic E-state index is 6.67. The predicted octanol–water partition coefficient (Wildman–Crippen LogP) is 13.3. The van der Waals surface area contributed by atoms with Crippen molar-refractivity contribution < 1.29 is 4.74 Å². The molecule has 0 spiro atoms. The highest BCUT2D eigenvalue weighted by atomic mass is 32.1. The van der Waals surface area contributed by atoms with Crippen molar-refractivity contribution in [3.8, 4) is 56.9 Å². The number of hydrogen-bond donors (Lipinski definition) is 0. The highest BCUT2D eigenvalue weighted by molar-refractivity contribution is 7.26. The van der Waals surface area contributed by atoms with Gasteiger partial charge in [-0.15, -0.1) is 11.3 Å². The fourth-order valence-corrected chi connectivity index (χ4v) is 10.5. The van der Waals surface area contributed by atoms with E-state index in [0.29, 0.717) is 23.3 Å². The highest BCUT2D eigenvalue weighted by Crippen LogP contribution is 2.49. The molecule has 7 aromatic carbocycles. The summed E-state index contributed by atoms with van der Waals surface area (Å²) in [5.74, 6) is 3.18. The average molecular weight is 827 g/mol. The van der Waals surface area contributed by atoms with Gasteiger partial charge in [0.1, 0.15) is 11.9 Å². The van der Waals surface area contributed by atoms with Crippen molar-refractivity contribution in [3.63, 3.8) is 0 Å². The third-order valence-electron chi connectivity index (χ3n) is 12.2. The van der Waals surface area contributed by atoms with Gasteiger partial charge in [-0.2, -0.15) is 0 Å². The SMILES string of the molecule is C1=CC2Oc3ccc(-c4nc(-c5ccccc5)nc(-c5ccc6c(c5)c5ccccc5n6-c5ccccc5)n4)cc3C2C(c2nc(-c3ccccc3)c3sc4ccccc4c3n2)=C1. The number of ether oxygens (including phenoxy) is 1. The third kappa shape index (κ3) is 5.83. The third-order valence-corrected chi connectivity index (χ3v) is 13.4. The van der Waals surface area contributed by atoms with Gasteiger partial charge in [0.25, 0.3) is 0 Å². The van der Waals surface area contributed by atoms with Crippen molar-refractivity contribution in [1.82, 2.24) is 29.5 Å². The highest BCUT2D eigenvalue weighted by Gasteiger charge is 2.39. The Morgan fingerprint density at radius 2 is 1.13 bits per heavy atom. The number of allylic oxidation sites excluding steroid dienone is 2. The average Bonchev–Trinajstić information content (AvgIpc) is 4.03. The molecule has 13 rings (SSSR count). The Morgan fingerprint density at radius 3 is 1.92 bits per heavy atom. The van der Waals surface area contributed by atoms with Crippen LogP contribution in [0, 0.1) is 0 Å². The smallest absolute Gasteiger partial charge is 0.164 e. The van der Waals surface area contributed by atoms with Crippen molar-refractivity contribution in [1.29, 1.82) is 0 Å². The largest absolute Gasteiger partial charge is 0.485 e. The van der Waals surface area contributed by atoms with Crippen LogP contribution < -0.4 is 4.74 Å². The van der Waals surface area contributed by atoms with Gasteiger partial charge in [0, 0.05) is 59.9 Å². The molecule has 0 amide bonds. The molecule has 7 nitrogen and oxygen atoms in total. The minimum Gasteiger partial charge on any atom is -0.485 e. The summed E-state index contributed by atoms with van der Waals surface area (Å²) < 4.78 is 11.3. The molecule has 1 aliphatic heterocycles. The zero-order chi connectivity index (χ0) is 41.4. The minimum absolute atomic E-state index is 0.143. The van der Waals surface area contributed by atoms with E-state index in [2.05, 4.69) is 162 Å². The standard InChI is InChI=1S/C55H34N6OS/c1-4-15-33(16-5-1)49-51-50(39-22-11-13-26-47(39)63-51)57-55(56-49)40-23-14-25-46-48(40)42-32-36(28-30-45(42)62-46)54-59-52(34-17-6-2-7-18-34)58-53(60-54)35-27-29-44-41(31-35)38-21-10-12-24-43(38)61(44)37-19-8-3-9-20-37/h1-32,46,48H. The van der Waals surface area contributed by atoms with Crippen LogP contribution >= 0.6 is 11.3 Å². The summed E-state index contributed by atoms with van der Waals surface area (Å²) >= 11 is 1.74. The van der Waals surface area contributed by atoms with Crippen LogP contribution in [-0.2, 0) is 0 Å². The molecule has 2 aliphatic rings. The van der Waals surface area contributed by atoms with Crippen molar-refractivity contribution in [2.24, 2.45) is 0 Å². The second-order valence-corrected chi connectivity index (χ2v) is 17.0. The second-order valence-electron chi connectivity index (χ2n) is 15.9. The molecule has 1 aliphatic carbocycles. The number of benzene rings is 7. The Hall–Kier alpha value is -8.07. The summed E-state index contributed by atoms with van der Waals surface area (Å²) in [6.07, 6.45) is 6.14. The quantitative estimate of drug-likeness (QED) is 0.166. The van der Waals surface area contributed by atoms with Crippen molar-refractivity contribution in [2.45, 2.75) is 12.0 Å². The Morgan fingerprint density at radius 1 is 0.492 bits per heavy atom.